The Balaban J connectivity index is 1.82. The molecule has 1 aliphatic heterocycles. The highest BCUT2D eigenvalue weighted by Crippen LogP contribution is 2.22. The zero-order valence-electron chi connectivity index (χ0n) is 10.3. The van der Waals surface area contributed by atoms with Crippen LogP contribution in [0, 0.1) is 19.8 Å². The van der Waals surface area contributed by atoms with Crippen LogP contribution in [0.5, 0.6) is 0 Å². The molecule has 1 aliphatic rings. The van der Waals surface area contributed by atoms with Crippen molar-refractivity contribution in [2.75, 3.05) is 18.1 Å². The summed E-state index contributed by atoms with van der Waals surface area (Å²) in [6, 6.07) is 6.70. The van der Waals surface area contributed by atoms with Crippen molar-refractivity contribution in [3.63, 3.8) is 0 Å². The molecular formula is C14H21NS. The van der Waals surface area contributed by atoms with Gasteiger partial charge in [-0.1, -0.05) is 23.8 Å². The Kier molecular flexibility index (Phi) is 4.30. The Morgan fingerprint density at radius 3 is 3.00 bits per heavy atom. The molecule has 0 aliphatic carbocycles. The van der Waals surface area contributed by atoms with Crippen LogP contribution < -0.4 is 5.32 Å². The van der Waals surface area contributed by atoms with Crippen LogP contribution in [0.25, 0.3) is 0 Å². The van der Waals surface area contributed by atoms with E-state index in [1.165, 1.54) is 41.2 Å². The number of hydrogen-bond acceptors (Lipinski definition) is 2. The minimum atomic E-state index is 0.898. The fourth-order valence-electron chi connectivity index (χ4n) is 2.15. The zero-order chi connectivity index (χ0) is 11.4. The third kappa shape index (κ3) is 3.26. The summed E-state index contributed by atoms with van der Waals surface area (Å²) in [5, 5.41) is 3.60. The molecule has 1 saturated heterocycles. The largest absolute Gasteiger partial charge is 0.312 e. The van der Waals surface area contributed by atoms with Crippen LogP contribution in [0.3, 0.4) is 0 Å². The van der Waals surface area contributed by atoms with Crippen molar-refractivity contribution in [1.82, 2.24) is 5.32 Å². The average molecular weight is 235 g/mol. The first-order valence-corrected chi connectivity index (χ1v) is 7.26. The first kappa shape index (κ1) is 12.0. The maximum absolute atomic E-state index is 3.60. The van der Waals surface area contributed by atoms with Crippen molar-refractivity contribution in [2.24, 2.45) is 5.92 Å². The molecule has 1 heterocycles. The van der Waals surface area contributed by atoms with E-state index >= 15 is 0 Å². The third-order valence-electron chi connectivity index (χ3n) is 3.28. The molecular weight excluding hydrogens is 214 g/mol. The van der Waals surface area contributed by atoms with Gasteiger partial charge in [-0.2, -0.15) is 11.8 Å². The minimum absolute atomic E-state index is 0.898. The van der Waals surface area contributed by atoms with E-state index in [0.717, 1.165) is 12.5 Å². The molecule has 16 heavy (non-hydrogen) atoms. The minimum Gasteiger partial charge on any atom is -0.312 e. The summed E-state index contributed by atoms with van der Waals surface area (Å²) < 4.78 is 0. The van der Waals surface area contributed by atoms with E-state index in [0.29, 0.717) is 0 Å². The fourth-order valence-corrected chi connectivity index (χ4v) is 3.43. The van der Waals surface area contributed by atoms with Crippen molar-refractivity contribution < 1.29 is 0 Å². The molecule has 0 bridgehead atoms. The second kappa shape index (κ2) is 5.74. The summed E-state index contributed by atoms with van der Waals surface area (Å²) in [4.78, 5) is 0. The highest BCUT2D eigenvalue weighted by atomic mass is 32.2. The molecule has 1 atom stereocenters. The van der Waals surface area contributed by atoms with Crippen LogP contribution in [0.2, 0.25) is 0 Å². The standard InChI is InChI=1S/C14H21NS/c1-11-3-4-12(2)14(7-11)9-15-8-13-5-6-16-10-13/h3-4,7,13,15H,5-6,8-10H2,1-2H3. The summed E-state index contributed by atoms with van der Waals surface area (Å²) in [7, 11) is 0. The van der Waals surface area contributed by atoms with Gasteiger partial charge in [0.05, 0.1) is 0 Å². The molecule has 2 heteroatoms. The van der Waals surface area contributed by atoms with E-state index in [4.69, 9.17) is 0 Å². The first-order valence-electron chi connectivity index (χ1n) is 6.10. The highest BCUT2D eigenvalue weighted by Gasteiger charge is 2.14. The van der Waals surface area contributed by atoms with Crippen molar-refractivity contribution in [1.29, 1.82) is 0 Å². The van der Waals surface area contributed by atoms with Crippen LogP contribution in [-0.2, 0) is 6.54 Å². The predicted octanol–water partition coefficient (Wildman–Crippen LogP) is 3.15. The molecule has 1 N–H and O–H groups in total. The van der Waals surface area contributed by atoms with E-state index in [2.05, 4.69) is 49.1 Å². The Morgan fingerprint density at radius 2 is 2.25 bits per heavy atom. The second-order valence-electron chi connectivity index (χ2n) is 4.79. The molecule has 0 spiro atoms. The van der Waals surface area contributed by atoms with E-state index in [1.807, 2.05) is 0 Å². The van der Waals surface area contributed by atoms with Gasteiger partial charge in [0.2, 0.25) is 0 Å². The van der Waals surface area contributed by atoms with E-state index in [1.54, 1.807) is 0 Å². The van der Waals surface area contributed by atoms with Crippen LogP contribution in [0.1, 0.15) is 23.1 Å². The normalized spacial score (nSPS) is 20.2. The van der Waals surface area contributed by atoms with E-state index in [9.17, 15) is 0 Å². The first-order chi connectivity index (χ1) is 7.75. The number of hydrogen-bond donors (Lipinski definition) is 1. The van der Waals surface area contributed by atoms with Crippen molar-refractivity contribution in [2.45, 2.75) is 26.8 Å². The van der Waals surface area contributed by atoms with Crippen molar-refractivity contribution in [3.05, 3.63) is 34.9 Å². The number of aryl methyl sites for hydroxylation is 2. The van der Waals surface area contributed by atoms with Crippen molar-refractivity contribution in [3.8, 4) is 0 Å². The number of nitrogens with one attached hydrogen (secondary N) is 1. The van der Waals surface area contributed by atoms with Gasteiger partial charge in [-0.3, -0.25) is 0 Å². The Labute approximate surface area is 103 Å². The Bertz CT molecular complexity index is 343. The SMILES string of the molecule is Cc1ccc(C)c(CNCC2CCSC2)c1. The zero-order valence-corrected chi connectivity index (χ0v) is 11.1. The molecule has 0 aromatic heterocycles. The Hall–Kier alpha value is -0.470. The van der Waals surface area contributed by atoms with Crippen LogP contribution >= 0.6 is 11.8 Å². The lowest BCUT2D eigenvalue weighted by Gasteiger charge is -2.12. The van der Waals surface area contributed by atoms with E-state index in [-0.39, 0.29) is 0 Å². The van der Waals surface area contributed by atoms with Gasteiger partial charge in [0, 0.05) is 6.54 Å². The summed E-state index contributed by atoms with van der Waals surface area (Å²) >= 11 is 2.09. The molecule has 1 unspecified atom stereocenters. The lowest BCUT2D eigenvalue weighted by Crippen LogP contribution is -2.22. The van der Waals surface area contributed by atoms with E-state index < -0.39 is 0 Å². The van der Waals surface area contributed by atoms with Crippen molar-refractivity contribution >= 4 is 11.8 Å². The molecule has 1 nitrogen and oxygen atoms in total. The Morgan fingerprint density at radius 1 is 1.38 bits per heavy atom. The molecule has 1 aromatic carbocycles. The highest BCUT2D eigenvalue weighted by molar-refractivity contribution is 7.99. The number of benzene rings is 1. The topological polar surface area (TPSA) is 12.0 Å². The van der Waals surface area contributed by atoms with Gasteiger partial charge in [0.25, 0.3) is 0 Å². The fraction of sp³-hybridized carbons (Fsp3) is 0.571. The van der Waals surface area contributed by atoms with Crippen LogP contribution in [0.15, 0.2) is 18.2 Å². The van der Waals surface area contributed by atoms with Gasteiger partial charge in [-0.15, -0.1) is 0 Å². The molecule has 0 radical (unpaired) electrons. The van der Waals surface area contributed by atoms with Gasteiger partial charge in [-0.05, 0) is 55.4 Å². The maximum Gasteiger partial charge on any atom is 0.0208 e. The second-order valence-corrected chi connectivity index (χ2v) is 5.94. The van der Waals surface area contributed by atoms with Gasteiger partial charge >= 0.3 is 0 Å². The third-order valence-corrected chi connectivity index (χ3v) is 4.51. The smallest absolute Gasteiger partial charge is 0.0208 e. The summed E-state index contributed by atoms with van der Waals surface area (Å²) in [5.74, 6) is 3.60. The molecule has 1 fully saturated rings. The number of thioether (sulfide) groups is 1. The lowest BCUT2D eigenvalue weighted by molar-refractivity contribution is 0.522. The molecule has 2 rings (SSSR count). The lowest BCUT2D eigenvalue weighted by atomic mass is 10.1. The maximum atomic E-state index is 3.60. The van der Waals surface area contributed by atoms with Gasteiger partial charge in [0.15, 0.2) is 0 Å². The average Bonchev–Trinajstić information content (AvgIpc) is 2.76. The van der Waals surface area contributed by atoms with Gasteiger partial charge in [0.1, 0.15) is 0 Å². The van der Waals surface area contributed by atoms with Crippen LogP contribution in [-0.4, -0.2) is 18.1 Å². The summed E-state index contributed by atoms with van der Waals surface area (Å²) in [5.41, 5.74) is 4.21. The molecule has 0 amide bonds. The van der Waals surface area contributed by atoms with Gasteiger partial charge < -0.3 is 5.32 Å². The summed E-state index contributed by atoms with van der Waals surface area (Å²) in [6.45, 7) is 6.56. The predicted molar refractivity (Wildman–Crippen MR) is 73.1 cm³/mol. The molecule has 88 valence electrons. The molecule has 0 saturated carbocycles. The van der Waals surface area contributed by atoms with Crippen LogP contribution in [0.4, 0.5) is 0 Å². The monoisotopic (exact) mass is 235 g/mol. The quantitative estimate of drug-likeness (QED) is 0.860. The number of rotatable bonds is 4. The summed E-state index contributed by atoms with van der Waals surface area (Å²) in [6.07, 6.45) is 1.39. The molecule has 1 aromatic rings. The van der Waals surface area contributed by atoms with Gasteiger partial charge in [-0.25, -0.2) is 0 Å².